The molecule has 0 atom stereocenters. The molecule has 4 heteroatoms. The van der Waals surface area contributed by atoms with Gasteiger partial charge in [0.15, 0.2) is 0 Å². The van der Waals surface area contributed by atoms with Crippen molar-refractivity contribution in [3.8, 4) is 17.2 Å². The molecule has 0 aliphatic rings. The lowest BCUT2D eigenvalue weighted by atomic mass is 10.3. The Bertz CT molecular complexity index is 547. The smallest absolute Gasteiger partial charge is 0.124 e. The maximum absolute atomic E-state index is 9.25. The Kier molecular flexibility index (Phi) is 4.34. The Labute approximate surface area is 120 Å². The first kappa shape index (κ1) is 14.5. The van der Waals surface area contributed by atoms with Crippen molar-refractivity contribution >= 4 is 13.3 Å². The Morgan fingerprint density at radius 3 is 2.00 bits per heavy atom. The van der Waals surface area contributed by atoms with Gasteiger partial charge in [-0.2, -0.15) is 0 Å². The molecule has 0 aromatic heterocycles. The number of methoxy groups -OCH3 is 1. The number of phenols is 1. The number of ether oxygens (including phenoxy) is 2. The zero-order valence-corrected chi connectivity index (χ0v) is 13.1. The molecular weight excluding hydrogens is 268 g/mol. The fourth-order valence-electron chi connectivity index (χ4n) is 1.93. The molecule has 2 aromatic carbocycles. The topological polar surface area (TPSA) is 38.7 Å². The van der Waals surface area contributed by atoms with E-state index in [1.165, 1.54) is 5.19 Å². The van der Waals surface area contributed by atoms with Crippen molar-refractivity contribution in [2.75, 3.05) is 13.3 Å². The molecule has 0 radical (unpaired) electrons. The Morgan fingerprint density at radius 2 is 1.45 bits per heavy atom. The SMILES string of the molecule is COc1ccc([Si](C)(C)COc2ccc(O)cc2)cc1. The summed E-state index contributed by atoms with van der Waals surface area (Å²) in [7, 11) is 0.0204. The summed E-state index contributed by atoms with van der Waals surface area (Å²) in [5.41, 5.74) is 0. The second-order valence-electron chi connectivity index (χ2n) is 5.39. The van der Waals surface area contributed by atoms with Crippen LogP contribution in [0.2, 0.25) is 13.1 Å². The molecule has 1 N–H and O–H groups in total. The van der Waals surface area contributed by atoms with Crippen molar-refractivity contribution in [3.05, 3.63) is 48.5 Å². The van der Waals surface area contributed by atoms with Crippen LogP contribution < -0.4 is 14.7 Å². The monoisotopic (exact) mass is 288 g/mol. The van der Waals surface area contributed by atoms with Gasteiger partial charge < -0.3 is 14.6 Å². The summed E-state index contributed by atoms with van der Waals surface area (Å²) in [6.45, 7) is 4.55. The molecule has 0 aliphatic carbocycles. The lowest BCUT2D eigenvalue weighted by molar-refractivity contribution is 0.378. The maximum Gasteiger partial charge on any atom is 0.124 e. The average Bonchev–Trinajstić information content (AvgIpc) is 2.47. The fourth-order valence-corrected chi connectivity index (χ4v) is 3.69. The minimum absolute atomic E-state index is 0.254. The van der Waals surface area contributed by atoms with Gasteiger partial charge in [0.05, 0.1) is 13.3 Å². The molecule has 2 aromatic rings. The van der Waals surface area contributed by atoms with E-state index in [0.29, 0.717) is 6.23 Å². The van der Waals surface area contributed by atoms with Crippen LogP contribution in [0.5, 0.6) is 17.2 Å². The largest absolute Gasteiger partial charge is 0.508 e. The Balaban J connectivity index is 2.04. The van der Waals surface area contributed by atoms with Crippen molar-refractivity contribution < 1.29 is 14.6 Å². The van der Waals surface area contributed by atoms with Gasteiger partial charge in [-0.3, -0.25) is 0 Å². The van der Waals surface area contributed by atoms with E-state index in [1.807, 2.05) is 12.1 Å². The zero-order chi connectivity index (χ0) is 14.6. The van der Waals surface area contributed by atoms with Crippen molar-refractivity contribution in [3.63, 3.8) is 0 Å². The summed E-state index contributed by atoms with van der Waals surface area (Å²) in [5.74, 6) is 1.92. The minimum atomic E-state index is -1.65. The molecule has 0 spiro atoms. The third kappa shape index (κ3) is 3.54. The van der Waals surface area contributed by atoms with Crippen LogP contribution in [0.1, 0.15) is 0 Å². The van der Waals surface area contributed by atoms with E-state index in [-0.39, 0.29) is 5.75 Å². The van der Waals surface area contributed by atoms with E-state index >= 15 is 0 Å². The van der Waals surface area contributed by atoms with Gasteiger partial charge in [0.1, 0.15) is 25.3 Å². The van der Waals surface area contributed by atoms with Gasteiger partial charge in [-0.05, 0) is 36.4 Å². The summed E-state index contributed by atoms with van der Waals surface area (Å²) in [6, 6.07) is 15.1. The summed E-state index contributed by atoms with van der Waals surface area (Å²) >= 11 is 0. The van der Waals surface area contributed by atoms with Gasteiger partial charge in [-0.25, -0.2) is 0 Å². The van der Waals surface area contributed by atoms with E-state index in [2.05, 4.69) is 25.2 Å². The highest BCUT2D eigenvalue weighted by Crippen LogP contribution is 2.17. The first-order valence-corrected chi connectivity index (χ1v) is 9.78. The molecule has 20 heavy (non-hydrogen) atoms. The third-order valence-electron chi connectivity index (χ3n) is 3.31. The Morgan fingerprint density at radius 1 is 0.900 bits per heavy atom. The van der Waals surface area contributed by atoms with Gasteiger partial charge in [-0.1, -0.05) is 30.4 Å². The van der Waals surface area contributed by atoms with Crippen LogP contribution in [0.15, 0.2) is 48.5 Å². The quantitative estimate of drug-likeness (QED) is 0.860. The van der Waals surface area contributed by atoms with Crippen LogP contribution in [0, 0.1) is 0 Å². The molecule has 3 nitrogen and oxygen atoms in total. The van der Waals surface area contributed by atoms with E-state index in [1.54, 1.807) is 31.4 Å². The van der Waals surface area contributed by atoms with Crippen LogP contribution in [-0.4, -0.2) is 26.5 Å². The van der Waals surface area contributed by atoms with Crippen LogP contribution in [0.25, 0.3) is 0 Å². The normalized spacial score (nSPS) is 11.2. The minimum Gasteiger partial charge on any atom is -0.508 e. The van der Waals surface area contributed by atoms with E-state index in [0.717, 1.165) is 11.5 Å². The summed E-state index contributed by atoms with van der Waals surface area (Å²) < 4.78 is 11.0. The van der Waals surface area contributed by atoms with Crippen LogP contribution >= 0.6 is 0 Å². The van der Waals surface area contributed by atoms with Crippen LogP contribution in [0.3, 0.4) is 0 Å². The molecule has 0 aliphatic heterocycles. The first-order chi connectivity index (χ1) is 9.51. The molecule has 0 amide bonds. The summed E-state index contributed by atoms with van der Waals surface area (Å²) in [4.78, 5) is 0. The molecule has 2 rings (SSSR count). The lowest BCUT2D eigenvalue weighted by Crippen LogP contribution is -2.47. The molecule has 0 saturated carbocycles. The Hall–Kier alpha value is -1.94. The maximum atomic E-state index is 9.25. The molecule has 0 unspecified atom stereocenters. The summed E-state index contributed by atoms with van der Waals surface area (Å²) in [6.07, 6.45) is 0.699. The van der Waals surface area contributed by atoms with E-state index in [4.69, 9.17) is 9.47 Å². The van der Waals surface area contributed by atoms with Crippen LogP contribution in [-0.2, 0) is 0 Å². The van der Waals surface area contributed by atoms with Gasteiger partial charge in [-0.15, -0.1) is 0 Å². The predicted octanol–water partition coefficient (Wildman–Crippen LogP) is 2.93. The van der Waals surface area contributed by atoms with Gasteiger partial charge in [0, 0.05) is 0 Å². The molecule has 0 saturated heterocycles. The fraction of sp³-hybridized carbons (Fsp3) is 0.250. The highest BCUT2D eigenvalue weighted by molar-refractivity contribution is 6.89. The second-order valence-corrected chi connectivity index (χ2v) is 10.0. The van der Waals surface area contributed by atoms with Crippen molar-refractivity contribution in [2.45, 2.75) is 13.1 Å². The average molecular weight is 288 g/mol. The first-order valence-electron chi connectivity index (χ1n) is 6.58. The van der Waals surface area contributed by atoms with Crippen molar-refractivity contribution in [1.29, 1.82) is 0 Å². The van der Waals surface area contributed by atoms with Crippen LogP contribution in [0.4, 0.5) is 0 Å². The highest BCUT2D eigenvalue weighted by Gasteiger charge is 2.24. The highest BCUT2D eigenvalue weighted by atomic mass is 28.3. The molecule has 106 valence electrons. The second kappa shape index (κ2) is 6.01. The molecule has 0 fully saturated rings. The third-order valence-corrected chi connectivity index (χ3v) is 6.07. The van der Waals surface area contributed by atoms with Gasteiger partial charge >= 0.3 is 0 Å². The number of rotatable bonds is 5. The molecular formula is C16H20O3Si. The van der Waals surface area contributed by atoms with Gasteiger partial charge in [0.25, 0.3) is 0 Å². The standard InChI is InChI=1S/C16H20O3Si/c1-18-14-8-10-16(11-9-14)20(2,3)12-19-15-6-4-13(17)5-7-15/h4-11,17H,12H2,1-3H3. The predicted molar refractivity (Wildman–Crippen MR) is 83.7 cm³/mol. The number of phenolic OH excluding ortho intramolecular Hbond substituents is 1. The number of hydrogen-bond donors (Lipinski definition) is 1. The zero-order valence-electron chi connectivity index (χ0n) is 12.1. The molecule has 0 heterocycles. The molecule has 0 bridgehead atoms. The van der Waals surface area contributed by atoms with Crippen molar-refractivity contribution in [1.82, 2.24) is 0 Å². The number of hydrogen-bond acceptors (Lipinski definition) is 3. The van der Waals surface area contributed by atoms with E-state index in [9.17, 15) is 5.11 Å². The number of benzene rings is 2. The van der Waals surface area contributed by atoms with Gasteiger partial charge in [0.2, 0.25) is 0 Å². The number of aromatic hydroxyl groups is 1. The summed E-state index contributed by atoms with van der Waals surface area (Å²) in [5, 5.41) is 10.6. The van der Waals surface area contributed by atoms with Crippen molar-refractivity contribution in [2.24, 2.45) is 0 Å². The van der Waals surface area contributed by atoms with E-state index < -0.39 is 8.07 Å². The lowest BCUT2D eigenvalue weighted by Gasteiger charge is -2.23.